The molecule has 0 saturated heterocycles. The third-order valence-corrected chi connectivity index (χ3v) is 4.93. The predicted octanol–water partition coefficient (Wildman–Crippen LogP) is 3.85. The van der Waals surface area contributed by atoms with Crippen molar-refractivity contribution in [3.8, 4) is 11.3 Å². The minimum Gasteiger partial charge on any atom is -0.373 e. The monoisotopic (exact) mass is 351 g/mol. The lowest BCUT2D eigenvalue weighted by atomic mass is 9.96. The molecule has 1 aliphatic rings. The van der Waals surface area contributed by atoms with Crippen LogP contribution in [-0.2, 0) is 16.0 Å². The highest BCUT2D eigenvalue weighted by Crippen LogP contribution is 2.30. The molecule has 1 atom stereocenters. The Balaban J connectivity index is 1.43. The first-order chi connectivity index (χ1) is 12.3. The van der Waals surface area contributed by atoms with Gasteiger partial charge in [0.1, 0.15) is 0 Å². The highest BCUT2D eigenvalue weighted by molar-refractivity contribution is 7.14. The van der Waals surface area contributed by atoms with E-state index in [4.69, 9.17) is 4.74 Å². The van der Waals surface area contributed by atoms with E-state index < -0.39 is 0 Å². The van der Waals surface area contributed by atoms with Crippen molar-refractivity contribution in [2.75, 3.05) is 11.9 Å². The van der Waals surface area contributed by atoms with Gasteiger partial charge < -0.3 is 10.1 Å². The van der Waals surface area contributed by atoms with E-state index in [0.29, 0.717) is 18.2 Å². The number of fused-ring (bicyclic) bond motifs is 1. The second kappa shape index (κ2) is 7.13. The van der Waals surface area contributed by atoms with Gasteiger partial charge in [-0.3, -0.25) is 9.78 Å². The van der Waals surface area contributed by atoms with Crippen molar-refractivity contribution < 1.29 is 9.53 Å². The van der Waals surface area contributed by atoms with Crippen molar-refractivity contribution in [1.82, 2.24) is 9.97 Å². The van der Waals surface area contributed by atoms with Crippen LogP contribution in [0.3, 0.4) is 0 Å². The highest BCUT2D eigenvalue weighted by atomic mass is 32.1. The van der Waals surface area contributed by atoms with E-state index in [-0.39, 0.29) is 12.0 Å². The number of carbonyl (C=O) groups is 1. The van der Waals surface area contributed by atoms with Crippen molar-refractivity contribution in [1.29, 1.82) is 0 Å². The number of amides is 1. The van der Waals surface area contributed by atoms with E-state index in [1.54, 1.807) is 12.4 Å². The number of hydrogen-bond acceptors (Lipinski definition) is 5. The Morgan fingerprint density at radius 3 is 3.08 bits per heavy atom. The molecule has 3 heterocycles. The summed E-state index contributed by atoms with van der Waals surface area (Å²) in [6, 6.07) is 12.0. The summed E-state index contributed by atoms with van der Waals surface area (Å²) in [5, 5.41) is 5.38. The van der Waals surface area contributed by atoms with E-state index in [0.717, 1.165) is 23.2 Å². The number of hydrogen-bond donors (Lipinski definition) is 1. The SMILES string of the molecule is O=C(CC1OCCc2ccccc21)Nc1nc(-c2cccnc2)cs1. The number of rotatable bonds is 4. The Labute approximate surface area is 149 Å². The molecular weight excluding hydrogens is 334 g/mol. The van der Waals surface area contributed by atoms with Crippen LogP contribution in [0.5, 0.6) is 0 Å². The molecule has 3 aromatic rings. The van der Waals surface area contributed by atoms with Crippen molar-refractivity contribution >= 4 is 22.4 Å². The number of aromatic nitrogens is 2. The molecule has 0 aliphatic carbocycles. The van der Waals surface area contributed by atoms with Crippen molar-refractivity contribution in [2.45, 2.75) is 18.9 Å². The average Bonchev–Trinajstić information content (AvgIpc) is 3.11. The lowest BCUT2D eigenvalue weighted by Gasteiger charge is -2.25. The maximum atomic E-state index is 12.4. The molecular formula is C19H17N3O2S. The molecule has 2 aromatic heterocycles. The Hall–Kier alpha value is -2.57. The molecule has 126 valence electrons. The maximum Gasteiger partial charge on any atom is 0.229 e. The quantitative estimate of drug-likeness (QED) is 0.775. The summed E-state index contributed by atoms with van der Waals surface area (Å²) in [7, 11) is 0. The Bertz CT molecular complexity index is 879. The van der Waals surface area contributed by atoms with Crippen LogP contribution < -0.4 is 5.32 Å². The smallest absolute Gasteiger partial charge is 0.229 e. The number of pyridine rings is 1. The summed E-state index contributed by atoms with van der Waals surface area (Å²) in [6.07, 6.45) is 4.48. The van der Waals surface area contributed by atoms with E-state index in [2.05, 4.69) is 21.4 Å². The molecule has 0 radical (unpaired) electrons. The van der Waals surface area contributed by atoms with Gasteiger partial charge in [0.2, 0.25) is 5.91 Å². The fraction of sp³-hybridized carbons (Fsp3) is 0.211. The maximum absolute atomic E-state index is 12.4. The van der Waals surface area contributed by atoms with Gasteiger partial charge in [0, 0.05) is 23.3 Å². The van der Waals surface area contributed by atoms with Crippen LogP contribution in [0.25, 0.3) is 11.3 Å². The molecule has 0 bridgehead atoms. The van der Waals surface area contributed by atoms with Gasteiger partial charge in [-0.15, -0.1) is 11.3 Å². The van der Waals surface area contributed by atoms with Crippen LogP contribution >= 0.6 is 11.3 Å². The molecule has 0 fully saturated rings. The standard InChI is InChI=1S/C19H17N3O2S/c23-18(10-17-15-6-2-1-4-13(15)7-9-24-17)22-19-21-16(12-25-19)14-5-3-8-20-11-14/h1-6,8,11-12,17H,7,9-10H2,(H,21,22,23). The zero-order valence-corrected chi connectivity index (χ0v) is 14.3. The van der Waals surface area contributed by atoms with Crippen molar-refractivity contribution in [2.24, 2.45) is 0 Å². The van der Waals surface area contributed by atoms with E-state index in [1.165, 1.54) is 16.9 Å². The number of ether oxygens (including phenoxy) is 1. The van der Waals surface area contributed by atoms with Crippen molar-refractivity contribution in [3.63, 3.8) is 0 Å². The third kappa shape index (κ3) is 3.60. The van der Waals surface area contributed by atoms with Gasteiger partial charge in [0.05, 0.1) is 24.8 Å². The van der Waals surface area contributed by atoms with Crippen LogP contribution in [0.1, 0.15) is 23.7 Å². The zero-order valence-electron chi connectivity index (χ0n) is 13.5. The summed E-state index contributed by atoms with van der Waals surface area (Å²) in [4.78, 5) is 21.0. The van der Waals surface area contributed by atoms with E-state index in [9.17, 15) is 4.79 Å². The molecule has 0 saturated carbocycles. The fourth-order valence-electron chi connectivity index (χ4n) is 2.96. The summed E-state index contributed by atoms with van der Waals surface area (Å²) >= 11 is 1.41. The second-order valence-electron chi connectivity index (χ2n) is 5.84. The van der Waals surface area contributed by atoms with Gasteiger partial charge in [0.25, 0.3) is 0 Å². The number of nitrogens with zero attached hydrogens (tertiary/aromatic N) is 2. The number of thiazole rings is 1. The van der Waals surface area contributed by atoms with Crippen LogP contribution in [0.4, 0.5) is 5.13 Å². The second-order valence-corrected chi connectivity index (χ2v) is 6.70. The summed E-state index contributed by atoms with van der Waals surface area (Å²) < 4.78 is 5.80. The van der Waals surface area contributed by atoms with Gasteiger partial charge in [0.15, 0.2) is 5.13 Å². The van der Waals surface area contributed by atoms with Gasteiger partial charge in [-0.25, -0.2) is 4.98 Å². The minimum atomic E-state index is -0.192. The lowest BCUT2D eigenvalue weighted by Crippen LogP contribution is -2.22. The number of anilines is 1. The predicted molar refractivity (Wildman–Crippen MR) is 97.4 cm³/mol. The first kappa shape index (κ1) is 15.9. The highest BCUT2D eigenvalue weighted by Gasteiger charge is 2.23. The molecule has 1 aromatic carbocycles. The molecule has 25 heavy (non-hydrogen) atoms. The van der Waals surface area contributed by atoms with Crippen molar-refractivity contribution in [3.05, 3.63) is 65.3 Å². The largest absolute Gasteiger partial charge is 0.373 e. The van der Waals surface area contributed by atoms with Gasteiger partial charge in [-0.2, -0.15) is 0 Å². The fourth-order valence-corrected chi connectivity index (χ4v) is 3.70. The lowest BCUT2D eigenvalue weighted by molar-refractivity contribution is -0.119. The number of carbonyl (C=O) groups excluding carboxylic acids is 1. The van der Waals surface area contributed by atoms with Crippen LogP contribution in [-0.4, -0.2) is 22.5 Å². The molecule has 6 heteroatoms. The Morgan fingerprint density at radius 1 is 1.28 bits per heavy atom. The van der Waals surface area contributed by atoms with E-state index in [1.807, 2.05) is 35.7 Å². The summed E-state index contributed by atoms with van der Waals surface area (Å²) in [5.74, 6) is -0.0891. The molecule has 4 rings (SSSR count). The molecule has 1 aliphatic heterocycles. The topological polar surface area (TPSA) is 64.1 Å². The molecule has 1 N–H and O–H groups in total. The van der Waals surface area contributed by atoms with Gasteiger partial charge >= 0.3 is 0 Å². The minimum absolute atomic E-state index is 0.0891. The van der Waals surface area contributed by atoms with Crippen LogP contribution in [0.15, 0.2) is 54.2 Å². The normalized spacial score (nSPS) is 16.2. The molecule has 0 spiro atoms. The third-order valence-electron chi connectivity index (χ3n) is 4.17. The summed E-state index contributed by atoms with van der Waals surface area (Å²) in [5.41, 5.74) is 4.12. The zero-order chi connectivity index (χ0) is 17.1. The Kier molecular flexibility index (Phi) is 4.54. The van der Waals surface area contributed by atoms with Crippen LogP contribution in [0, 0.1) is 0 Å². The first-order valence-corrected chi connectivity index (χ1v) is 9.03. The van der Waals surface area contributed by atoms with Gasteiger partial charge in [-0.05, 0) is 29.7 Å². The number of benzene rings is 1. The summed E-state index contributed by atoms with van der Waals surface area (Å²) in [6.45, 7) is 0.650. The molecule has 1 amide bonds. The van der Waals surface area contributed by atoms with Crippen LogP contribution in [0.2, 0.25) is 0 Å². The number of nitrogens with one attached hydrogen (secondary N) is 1. The molecule has 1 unspecified atom stereocenters. The average molecular weight is 351 g/mol. The van der Waals surface area contributed by atoms with Gasteiger partial charge in [-0.1, -0.05) is 24.3 Å². The Morgan fingerprint density at radius 2 is 2.20 bits per heavy atom. The first-order valence-electron chi connectivity index (χ1n) is 8.15. The van der Waals surface area contributed by atoms with E-state index >= 15 is 0 Å². The molecule has 5 nitrogen and oxygen atoms in total.